The van der Waals surface area contributed by atoms with Crippen molar-refractivity contribution in [2.24, 2.45) is 0 Å². The molecule has 0 bridgehead atoms. The van der Waals surface area contributed by atoms with Crippen LogP contribution in [0.5, 0.6) is 0 Å². The monoisotopic (exact) mass is 422 g/mol. The minimum Gasteiger partial charge on any atom is -0.346 e. The number of aromatic nitrogens is 6. The van der Waals surface area contributed by atoms with Gasteiger partial charge in [-0.25, -0.2) is 14.5 Å². The summed E-state index contributed by atoms with van der Waals surface area (Å²) in [4.78, 5) is 27.5. The molecule has 1 aliphatic rings. The van der Waals surface area contributed by atoms with Gasteiger partial charge in [0.15, 0.2) is 5.82 Å². The first kappa shape index (κ1) is 18.3. The molecule has 0 saturated carbocycles. The average Bonchev–Trinajstić information content (AvgIpc) is 3.58. The standard InChI is InChI=1S/C23H18N8O/c24-12-15-13-25-20-19(15)22(27-14-26-20)29-10-4-8-17(29)21-28-30-11-5-9-18(30)23(32)31(21)16-6-2-1-3-7-16/h1-3,5-7,9,11,13-14,17H,4,8,10H2,(H,25,26,27)/t17-/m0/s1. The van der Waals surface area contributed by atoms with Gasteiger partial charge in [-0.1, -0.05) is 18.2 Å². The van der Waals surface area contributed by atoms with Crippen molar-refractivity contribution in [3.8, 4) is 11.8 Å². The van der Waals surface area contributed by atoms with Gasteiger partial charge < -0.3 is 9.88 Å². The van der Waals surface area contributed by atoms with Gasteiger partial charge in [-0.15, -0.1) is 0 Å². The zero-order valence-corrected chi connectivity index (χ0v) is 17.0. The van der Waals surface area contributed by atoms with Gasteiger partial charge in [0.05, 0.1) is 22.7 Å². The summed E-state index contributed by atoms with van der Waals surface area (Å²) in [6, 6.07) is 15.2. The summed E-state index contributed by atoms with van der Waals surface area (Å²) in [6.07, 6.45) is 6.66. The molecule has 0 radical (unpaired) electrons. The van der Waals surface area contributed by atoms with Gasteiger partial charge in [0.25, 0.3) is 5.56 Å². The number of benzene rings is 1. The highest BCUT2D eigenvalue weighted by atomic mass is 16.1. The summed E-state index contributed by atoms with van der Waals surface area (Å²) in [5.74, 6) is 1.32. The van der Waals surface area contributed by atoms with Crippen molar-refractivity contribution in [3.63, 3.8) is 0 Å². The third-order valence-corrected chi connectivity index (χ3v) is 6.00. The fourth-order valence-electron chi connectivity index (χ4n) is 4.59. The molecule has 1 N–H and O–H groups in total. The van der Waals surface area contributed by atoms with E-state index in [9.17, 15) is 10.1 Å². The Labute approximate surface area is 182 Å². The number of aromatic amines is 1. The molecule has 1 aromatic carbocycles. The van der Waals surface area contributed by atoms with E-state index in [1.807, 2.05) is 36.4 Å². The highest BCUT2D eigenvalue weighted by Gasteiger charge is 2.33. The van der Waals surface area contributed by atoms with E-state index in [1.165, 1.54) is 6.33 Å². The topological polar surface area (TPSA) is 108 Å². The molecule has 1 saturated heterocycles. The molecular formula is C23H18N8O. The Kier molecular flexibility index (Phi) is 4.04. The van der Waals surface area contributed by atoms with Gasteiger partial charge in [-0.05, 0) is 37.1 Å². The van der Waals surface area contributed by atoms with E-state index in [1.54, 1.807) is 27.5 Å². The van der Waals surface area contributed by atoms with E-state index in [0.29, 0.717) is 33.8 Å². The Morgan fingerprint density at radius 1 is 1.12 bits per heavy atom. The van der Waals surface area contributed by atoms with Crippen molar-refractivity contribution in [1.82, 2.24) is 29.1 Å². The summed E-state index contributed by atoms with van der Waals surface area (Å²) in [6.45, 7) is 0.737. The second kappa shape index (κ2) is 7.06. The van der Waals surface area contributed by atoms with E-state index >= 15 is 0 Å². The third kappa shape index (κ3) is 2.63. The third-order valence-electron chi connectivity index (χ3n) is 6.00. The van der Waals surface area contributed by atoms with E-state index in [2.05, 4.69) is 25.9 Å². The predicted molar refractivity (Wildman–Crippen MR) is 119 cm³/mol. The second-order valence-electron chi connectivity index (χ2n) is 7.76. The van der Waals surface area contributed by atoms with Crippen LogP contribution in [0, 0.1) is 11.3 Å². The molecule has 4 aromatic heterocycles. The molecule has 0 unspecified atom stereocenters. The summed E-state index contributed by atoms with van der Waals surface area (Å²) in [7, 11) is 0. The molecule has 0 amide bonds. The number of rotatable bonds is 3. The van der Waals surface area contributed by atoms with Crippen LogP contribution in [-0.2, 0) is 0 Å². The molecule has 5 heterocycles. The number of para-hydroxylation sites is 1. The molecule has 1 fully saturated rings. The minimum atomic E-state index is -0.186. The fraction of sp³-hybridized carbons (Fsp3) is 0.174. The average molecular weight is 422 g/mol. The first-order valence-electron chi connectivity index (χ1n) is 10.4. The van der Waals surface area contributed by atoms with Crippen LogP contribution in [0.1, 0.15) is 30.3 Å². The molecule has 156 valence electrons. The van der Waals surface area contributed by atoms with Gasteiger partial charge in [0.2, 0.25) is 0 Å². The predicted octanol–water partition coefficient (Wildman–Crippen LogP) is 2.97. The fourth-order valence-corrected chi connectivity index (χ4v) is 4.59. The Balaban J connectivity index is 1.59. The first-order valence-corrected chi connectivity index (χ1v) is 10.4. The zero-order valence-electron chi connectivity index (χ0n) is 17.0. The maximum absolute atomic E-state index is 13.5. The number of fused-ring (bicyclic) bond motifs is 2. The Hall–Kier alpha value is -4.45. The zero-order chi connectivity index (χ0) is 21.7. The van der Waals surface area contributed by atoms with Crippen molar-refractivity contribution in [3.05, 3.63) is 82.9 Å². The van der Waals surface area contributed by atoms with Gasteiger partial charge in [-0.2, -0.15) is 10.4 Å². The minimum absolute atomic E-state index is 0.120. The van der Waals surface area contributed by atoms with Crippen LogP contribution in [0.3, 0.4) is 0 Å². The van der Waals surface area contributed by atoms with Crippen molar-refractivity contribution < 1.29 is 0 Å². The molecule has 32 heavy (non-hydrogen) atoms. The molecule has 1 aliphatic heterocycles. The van der Waals surface area contributed by atoms with Crippen LogP contribution in [-0.4, -0.2) is 35.7 Å². The van der Waals surface area contributed by atoms with Crippen LogP contribution >= 0.6 is 0 Å². The maximum atomic E-state index is 13.5. The Morgan fingerprint density at radius 3 is 2.84 bits per heavy atom. The molecular weight excluding hydrogens is 404 g/mol. The summed E-state index contributed by atoms with van der Waals surface area (Å²) in [5.41, 5.74) is 2.28. The lowest BCUT2D eigenvalue weighted by Gasteiger charge is -2.27. The van der Waals surface area contributed by atoms with E-state index in [4.69, 9.17) is 5.10 Å². The van der Waals surface area contributed by atoms with Crippen molar-refractivity contribution in [2.75, 3.05) is 11.4 Å². The SMILES string of the molecule is N#Cc1c[nH]c2ncnc(N3CCC[C@H]3c3nn4cccc4c(=O)n3-c3ccccc3)c12. The normalized spacial score (nSPS) is 16.1. The number of hydrogen-bond donors (Lipinski definition) is 1. The summed E-state index contributed by atoms with van der Waals surface area (Å²) >= 11 is 0. The lowest BCUT2D eigenvalue weighted by molar-refractivity contribution is 0.602. The smallest absolute Gasteiger partial charge is 0.282 e. The van der Waals surface area contributed by atoms with E-state index < -0.39 is 0 Å². The Bertz CT molecular complexity index is 1560. The maximum Gasteiger partial charge on any atom is 0.282 e. The van der Waals surface area contributed by atoms with Crippen LogP contribution in [0.25, 0.3) is 22.2 Å². The quantitative estimate of drug-likeness (QED) is 0.479. The van der Waals surface area contributed by atoms with Crippen LogP contribution in [0.15, 0.2) is 66.0 Å². The highest BCUT2D eigenvalue weighted by Crippen LogP contribution is 2.38. The van der Waals surface area contributed by atoms with Crippen molar-refractivity contribution in [1.29, 1.82) is 5.26 Å². The molecule has 9 nitrogen and oxygen atoms in total. The van der Waals surface area contributed by atoms with Gasteiger partial charge in [0.1, 0.15) is 29.4 Å². The van der Waals surface area contributed by atoms with Crippen molar-refractivity contribution in [2.45, 2.75) is 18.9 Å². The lowest BCUT2D eigenvalue weighted by Crippen LogP contribution is -2.33. The van der Waals surface area contributed by atoms with Crippen LogP contribution in [0.2, 0.25) is 0 Å². The molecule has 1 atom stereocenters. The van der Waals surface area contributed by atoms with Gasteiger partial charge in [0, 0.05) is 18.9 Å². The number of nitrogens with one attached hydrogen (secondary N) is 1. The second-order valence-corrected chi connectivity index (χ2v) is 7.76. The van der Waals surface area contributed by atoms with Crippen molar-refractivity contribution >= 4 is 22.4 Å². The molecule has 6 rings (SSSR count). The van der Waals surface area contributed by atoms with E-state index in [0.717, 1.165) is 25.1 Å². The molecule has 0 aliphatic carbocycles. The highest BCUT2D eigenvalue weighted by molar-refractivity contribution is 5.93. The number of anilines is 1. The van der Waals surface area contributed by atoms with Gasteiger partial charge in [-0.3, -0.25) is 9.36 Å². The lowest BCUT2D eigenvalue weighted by atomic mass is 10.1. The first-order chi connectivity index (χ1) is 15.8. The van der Waals surface area contributed by atoms with E-state index in [-0.39, 0.29) is 11.6 Å². The number of H-pyrrole nitrogens is 1. The largest absolute Gasteiger partial charge is 0.346 e. The van der Waals surface area contributed by atoms with Crippen LogP contribution in [0.4, 0.5) is 5.82 Å². The Morgan fingerprint density at radius 2 is 2.00 bits per heavy atom. The molecule has 9 heteroatoms. The molecule has 5 aromatic rings. The number of nitriles is 1. The van der Waals surface area contributed by atoms with Gasteiger partial charge >= 0.3 is 0 Å². The number of nitrogens with zero attached hydrogens (tertiary/aromatic N) is 7. The summed E-state index contributed by atoms with van der Waals surface area (Å²) in [5, 5.41) is 15.1. The summed E-state index contributed by atoms with van der Waals surface area (Å²) < 4.78 is 3.33. The number of hydrogen-bond acceptors (Lipinski definition) is 6. The molecule has 0 spiro atoms. The van der Waals surface area contributed by atoms with Crippen LogP contribution < -0.4 is 10.5 Å².